The standard InChI is InChI=1S/C10H12BrNO2S/c1-7(2)5-8(12(13)14)6-10-9(11)3-4-15-10/h3-4,6-7H,5H2,1-2H3/b8-6-. The molecule has 0 unspecified atom stereocenters. The van der Waals surface area contributed by atoms with E-state index in [0.717, 1.165) is 9.35 Å². The largest absolute Gasteiger partial charge is 0.259 e. The second-order valence-corrected chi connectivity index (χ2v) is 5.43. The number of halogens is 1. The zero-order valence-corrected chi connectivity index (χ0v) is 11.0. The van der Waals surface area contributed by atoms with E-state index in [-0.39, 0.29) is 10.6 Å². The SMILES string of the molecule is CC(C)C/C(=C/c1sccc1Br)[N+](=O)[O-]. The predicted molar refractivity (Wildman–Crippen MR) is 66.4 cm³/mol. The Labute approximate surface area is 101 Å². The van der Waals surface area contributed by atoms with Gasteiger partial charge in [0.2, 0.25) is 5.70 Å². The van der Waals surface area contributed by atoms with Gasteiger partial charge >= 0.3 is 0 Å². The molecule has 82 valence electrons. The van der Waals surface area contributed by atoms with Crippen LogP contribution in [0.4, 0.5) is 0 Å². The molecular formula is C10H12BrNO2S. The maximum atomic E-state index is 10.8. The lowest BCUT2D eigenvalue weighted by Crippen LogP contribution is -2.02. The molecule has 0 saturated heterocycles. The third-order valence-corrected chi connectivity index (χ3v) is 3.61. The molecule has 0 atom stereocenters. The van der Waals surface area contributed by atoms with Crippen LogP contribution in [0, 0.1) is 16.0 Å². The molecule has 0 aliphatic heterocycles. The van der Waals surface area contributed by atoms with Crippen molar-refractivity contribution in [2.45, 2.75) is 20.3 Å². The first-order valence-corrected chi connectivity index (χ1v) is 6.26. The van der Waals surface area contributed by atoms with E-state index < -0.39 is 0 Å². The van der Waals surface area contributed by atoms with Crippen LogP contribution in [0.15, 0.2) is 21.6 Å². The van der Waals surface area contributed by atoms with Gasteiger partial charge in [0.25, 0.3) is 0 Å². The number of hydrogen-bond acceptors (Lipinski definition) is 3. The average molecular weight is 290 g/mol. The highest BCUT2D eigenvalue weighted by Crippen LogP contribution is 2.26. The molecule has 0 spiro atoms. The van der Waals surface area contributed by atoms with Crippen LogP contribution in [0.25, 0.3) is 6.08 Å². The zero-order chi connectivity index (χ0) is 11.4. The van der Waals surface area contributed by atoms with Crippen molar-refractivity contribution >= 4 is 33.3 Å². The van der Waals surface area contributed by atoms with Gasteiger partial charge in [-0.1, -0.05) is 13.8 Å². The lowest BCUT2D eigenvalue weighted by molar-refractivity contribution is -0.427. The van der Waals surface area contributed by atoms with Crippen molar-refractivity contribution in [3.05, 3.63) is 36.6 Å². The van der Waals surface area contributed by atoms with Gasteiger partial charge in [0.1, 0.15) is 0 Å². The van der Waals surface area contributed by atoms with E-state index >= 15 is 0 Å². The molecule has 1 rings (SSSR count). The molecule has 15 heavy (non-hydrogen) atoms. The quantitative estimate of drug-likeness (QED) is 0.617. The van der Waals surface area contributed by atoms with Gasteiger partial charge in [0, 0.05) is 21.8 Å². The molecule has 3 nitrogen and oxygen atoms in total. The first kappa shape index (κ1) is 12.4. The Morgan fingerprint density at radius 2 is 2.40 bits per heavy atom. The zero-order valence-electron chi connectivity index (χ0n) is 8.57. The van der Waals surface area contributed by atoms with E-state index in [1.807, 2.05) is 25.3 Å². The fourth-order valence-corrected chi connectivity index (χ4v) is 2.60. The van der Waals surface area contributed by atoms with E-state index in [2.05, 4.69) is 15.9 Å². The summed E-state index contributed by atoms with van der Waals surface area (Å²) >= 11 is 4.85. The highest BCUT2D eigenvalue weighted by atomic mass is 79.9. The molecule has 0 saturated carbocycles. The van der Waals surface area contributed by atoms with Gasteiger partial charge in [-0.2, -0.15) is 0 Å². The van der Waals surface area contributed by atoms with Gasteiger partial charge in [-0.25, -0.2) is 0 Å². The molecule has 0 amide bonds. The molecule has 1 heterocycles. The molecule has 1 aromatic rings. The van der Waals surface area contributed by atoms with E-state index in [4.69, 9.17) is 0 Å². The summed E-state index contributed by atoms with van der Waals surface area (Å²) in [6.07, 6.45) is 2.14. The normalized spacial score (nSPS) is 12.1. The van der Waals surface area contributed by atoms with Crippen molar-refractivity contribution in [1.29, 1.82) is 0 Å². The molecule has 5 heteroatoms. The average Bonchev–Trinajstić information content (AvgIpc) is 2.50. The molecule has 0 aromatic carbocycles. The third kappa shape index (κ3) is 3.76. The Morgan fingerprint density at radius 3 is 2.80 bits per heavy atom. The van der Waals surface area contributed by atoms with Crippen molar-refractivity contribution in [2.24, 2.45) is 5.92 Å². The van der Waals surface area contributed by atoms with E-state index in [1.54, 1.807) is 6.08 Å². The number of allylic oxidation sites excluding steroid dienone is 1. The highest BCUT2D eigenvalue weighted by molar-refractivity contribution is 9.10. The molecule has 0 fully saturated rings. The van der Waals surface area contributed by atoms with Gasteiger partial charge in [-0.15, -0.1) is 11.3 Å². The molecule has 0 bridgehead atoms. The van der Waals surface area contributed by atoms with Crippen LogP contribution in [0.5, 0.6) is 0 Å². The van der Waals surface area contributed by atoms with Gasteiger partial charge in [0.15, 0.2) is 0 Å². The van der Waals surface area contributed by atoms with Crippen molar-refractivity contribution in [2.75, 3.05) is 0 Å². The summed E-state index contributed by atoms with van der Waals surface area (Å²) in [6, 6.07) is 1.89. The summed E-state index contributed by atoms with van der Waals surface area (Å²) in [5.74, 6) is 0.292. The second-order valence-electron chi connectivity index (χ2n) is 3.62. The van der Waals surface area contributed by atoms with Crippen LogP contribution < -0.4 is 0 Å². The van der Waals surface area contributed by atoms with E-state index in [0.29, 0.717) is 12.3 Å². The van der Waals surface area contributed by atoms with E-state index in [9.17, 15) is 10.1 Å². The monoisotopic (exact) mass is 289 g/mol. The third-order valence-electron chi connectivity index (χ3n) is 1.79. The Balaban J connectivity index is 2.94. The van der Waals surface area contributed by atoms with Crippen molar-refractivity contribution < 1.29 is 4.92 Å². The summed E-state index contributed by atoms with van der Waals surface area (Å²) in [4.78, 5) is 11.4. The summed E-state index contributed by atoms with van der Waals surface area (Å²) in [7, 11) is 0. The van der Waals surface area contributed by atoms with Gasteiger partial charge in [-0.3, -0.25) is 10.1 Å². The number of rotatable bonds is 4. The number of nitrogens with zero attached hydrogens (tertiary/aromatic N) is 1. The summed E-state index contributed by atoms with van der Waals surface area (Å²) in [5, 5.41) is 12.7. The van der Waals surface area contributed by atoms with Crippen LogP contribution in [-0.2, 0) is 0 Å². The molecule has 0 N–H and O–H groups in total. The van der Waals surface area contributed by atoms with E-state index in [1.165, 1.54) is 11.3 Å². The van der Waals surface area contributed by atoms with Crippen molar-refractivity contribution in [3.8, 4) is 0 Å². The highest BCUT2D eigenvalue weighted by Gasteiger charge is 2.14. The number of nitro groups is 1. The fourth-order valence-electron chi connectivity index (χ4n) is 1.16. The van der Waals surface area contributed by atoms with Gasteiger partial charge < -0.3 is 0 Å². The molecule has 0 radical (unpaired) electrons. The van der Waals surface area contributed by atoms with Crippen molar-refractivity contribution in [1.82, 2.24) is 0 Å². The predicted octanol–water partition coefficient (Wildman–Crippen LogP) is 4.17. The molecule has 1 aromatic heterocycles. The molecular weight excluding hydrogens is 278 g/mol. The molecule has 0 aliphatic carbocycles. The summed E-state index contributed by atoms with van der Waals surface area (Å²) < 4.78 is 0.913. The van der Waals surface area contributed by atoms with Crippen LogP contribution >= 0.6 is 27.3 Å². The van der Waals surface area contributed by atoms with Gasteiger partial charge in [-0.05, 0) is 33.3 Å². The Bertz CT molecular complexity index is 385. The number of hydrogen-bond donors (Lipinski definition) is 0. The Kier molecular flexibility index (Phi) is 4.47. The maximum absolute atomic E-state index is 10.8. The maximum Gasteiger partial charge on any atom is 0.247 e. The van der Waals surface area contributed by atoms with Crippen molar-refractivity contribution in [3.63, 3.8) is 0 Å². The first-order chi connectivity index (χ1) is 7.00. The second kappa shape index (κ2) is 5.42. The van der Waals surface area contributed by atoms with Crippen LogP contribution in [0.2, 0.25) is 0 Å². The summed E-state index contributed by atoms with van der Waals surface area (Å²) in [6.45, 7) is 3.95. The van der Waals surface area contributed by atoms with Crippen LogP contribution in [0.1, 0.15) is 25.1 Å². The Hall–Kier alpha value is -0.680. The summed E-state index contributed by atoms with van der Waals surface area (Å²) in [5.41, 5.74) is 0.271. The van der Waals surface area contributed by atoms with Gasteiger partial charge in [0.05, 0.1) is 4.92 Å². The van der Waals surface area contributed by atoms with Crippen LogP contribution in [-0.4, -0.2) is 4.92 Å². The minimum atomic E-state index is -0.299. The fraction of sp³-hybridized carbons (Fsp3) is 0.400. The van der Waals surface area contributed by atoms with Crippen LogP contribution in [0.3, 0.4) is 0 Å². The molecule has 0 aliphatic rings. The Morgan fingerprint density at radius 1 is 1.73 bits per heavy atom. The lowest BCUT2D eigenvalue weighted by Gasteiger charge is -2.01. The minimum Gasteiger partial charge on any atom is -0.259 e. The number of thiophene rings is 1. The smallest absolute Gasteiger partial charge is 0.247 e. The minimum absolute atomic E-state index is 0.271. The topological polar surface area (TPSA) is 43.1 Å². The lowest BCUT2D eigenvalue weighted by atomic mass is 10.1. The first-order valence-electron chi connectivity index (χ1n) is 4.58.